The second kappa shape index (κ2) is 43.5. The average Bonchev–Trinajstić information content (AvgIpc) is 3.21. The Hall–Kier alpha value is -1.80. The van der Waals surface area contributed by atoms with Crippen LogP contribution in [-0.4, -0.2) is 73.4 Å². The van der Waals surface area contributed by atoms with Gasteiger partial charge < -0.3 is 19.8 Å². The van der Waals surface area contributed by atoms with Gasteiger partial charge in [-0.15, -0.1) is 0 Å². The second-order valence-electron chi connectivity index (χ2n) is 18.2. The van der Waals surface area contributed by atoms with Gasteiger partial charge in [0.1, 0.15) is 13.2 Å². The number of allylic oxidation sites excluding steroid dienone is 9. The molecule has 61 heavy (non-hydrogen) atoms. The number of quaternary nitrogens is 1. The zero-order chi connectivity index (χ0) is 45.0. The Kier molecular flexibility index (Phi) is 42.2. The first-order chi connectivity index (χ1) is 29.5. The third kappa shape index (κ3) is 46.0. The van der Waals surface area contributed by atoms with E-state index in [9.17, 15) is 19.4 Å². The Bertz CT molecular complexity index is 1180. The summed E-state index contributed by atoms with van der Waals surface area (Å²) in [5.74, 6) is -0.257. The van der Waals surface area contributed by atoms with Gasteiger partial charge in [0.25, 0.3) is 0 Å². The topological polar surface area (TPSA) is 105 Å². The molecule has 0 rings (SSSR count). The number of phosphoric ester groups is 1. The van der Waals surface area contributed by atoms with Crippen molar-refractivity contribution >= 4 is 13.7 Å². The summed E-state index contributed by atoms with van der Waals surface area (Å²) < 4.78 is 23.6. The van der Waals surface area contributed by atoms with E-state index in [1.807, 2.05) is 39.4 Å². The summed E-state index contributed by atoms with van der Waals surface area (Å²) in [6.45, 7) is 4.64. The molecule has 0 aromatic carbocycles. The van der Waals surface area contributed by atoms with Gasteiger partial charge in [-0.25, -0.2) is 4.57 Å². The lowest BCUT2D eigenvalue weighted by Gasteiger charge is -2.25. The molecule has 0 aliphatic heterocycles. The van der Waals surface area contributed by atoms with Gasteiger partial charge in [-0.3, -0.25) is 13.8 Å². The van der Waals surface area contributed by atoms with Crippen LogP contribution in [0.15, 0.2) is 60.8 Å². The van der Waals surface area contributed by atoms with Crippen molar-refractivity contribution in [1.29, 1.82) is 0 Å². The van der Waals surface area contributed by atoms with Crippen molar-refractivity contribution in [2.45, 2.75) is 225 Å². The number of rotatable bonds is 45. The molecule has 0 saturated heterocycles. The third-order valence-electron chi connectivity index (χ3n) is 11.0. The molecule has 0 fully saturated rings. The summed E-state index contributed by atoms with van der Waals surface area (Å²) in [5, 5.41) is 13.8. The van der Waals surface area contributed by atoms with Crippen LogP contribution in [-0.2, 0) is 18.4 Å². The molecule has 0 aliphatic carbocycles. The summed E-state index contributed by atoms with van der Waals surface area (Å²) in [6.07, 6.45) is 57.7. The molecule has 1 amide bonds. The molecule has 0 bridgehead atoms. The van der Waals surface area contributed by atoms with Crippen LogP contribution in [0.3, 0.4) is 0 Å². The van der Waals surface area contributed by atoms with Crippen LogP contribution in [0.2, 0.25) is 0 Å². The number of carbonyl (C=O) groups excluding carboxylic acids is 1. The molecule has 0 aromatic heterocycles. The molecule has 9 heteroatoms. The van der Waals surface area contributed by atoms with Crippen LogP contribution >= 0.6 is 7.82 Å². The number of hydrogen-bond donors (Lipinski definition) is 3. The van der Waals surface area contributed by atoms with Gasteiger partial charge >= 0.3 is 7.82 Å². The quantitative estimate of drug-likeness (QED) is 0.0244. The predicted molar refractivity (Wildman–Crippen MR) is 263 cm³/mol. The van der Waals surface area contributed by atoms with Gasteiger partial charge in [0.05, 0.1) is 39.9 Å². The van der Waals surface area contributed by atoms with Crippen LogP contribution in [0.5, 0.6) is 0 Å². The number of hydrogen-bond acceptors (Lipinski definition) is 5. The number of nitrogens with one attached hydrogen (secondary N) is 1. The number of nitrogens with zero attached hydrogens (tertiary/aromatic N) is 1. The second-order valence-corrected chi connectivity index (χ2v) is 19.6. The maximum absolute atomic E-state index is 12.8. The highest BCUT2D eigenvalue weighted by molar-refractivity contribution is 7.47. The molecular weight excluding hydrogens is 780 g/mol. The molecular formula is C52H98N2O6P+. The molecule has 356 valence electrons. The molecule has 0 spiro atoms. The maximum atomic E-state index is 12.8. The molecule has 3 N–H and O–H groups in total. The first kappa shape index (κ1) is 59.2. The van der Waals surface area contributed by atoms with E-state index in [1.165, 1.54) is 141 Å². The van der Waals surface area contributed by atoms with E-state index < -0.39 is 20.0 Å². The molecule has 3 unspecified atom stereocenters. The highest BCUT2D eigenvalue weighted by atomic mass is 31.2. The Morgan fingerprint density at radius 2 is 0.984 bits per heavy atom. The van der Waals surface area contributed by atoms with Crippen LogP contribution < -0.4 is 5.32 Å². The Labute approximate surface area is 377 Å². The van der Waals surface area contributed by atoms with Crippen molar-refractivity contribution in [3.63, 3.8) is 0 Å². The Morgan fingerprint density at radius 3 is 1.41 bits per heavy atom. The van der Waals surface area contributed by atoms with Gasteiger partial charge in [-0.2, -0.15) is 0 Å². The number of unbranched alkanes of at least 4 members (excludes halogenated alkanes) is 24. The monoisotopic (exact) mass is 878 g/mol. The first-order valence-corrected chi connectivity index (χ1v) is 26.7. The van der Waals surface area contributed by atoms with Crippen molar-refractivity contribution in [1.82, 2.24) is 5.32 Å². The number of likely N-dealkylation sites (N-methyl/N-ethyl adjacent to an activating group) is 1. The number of phosphoric acid groups is 1. The number of amides is 1. The number of carbonyl (C=O) groups is 1. The lowest BCUT2D eigenvalue weighted by molar-refractivity contribution is -0.870. The summed E-state index contributed by atoms with van der Waals surface area (Å²) in [6, 6.07) is -0.886. The smallest absolute Gasteiger partial charge is 0.387 e. The minimum absolute atomic E-state index is 0.0468. The summed E-state index contributed by atoms with van der Waals surface area (Å²) in [7, 11) is 1.52. The van der Waals surface area contributed by atoms with Gasteiger partial charge in [-0.1, -0.05) is 222 Å². The number of aliphatic hydroxyl groups is 1. The maximum Gasteiger partial charge on any atom is 0.472 e. The Balaban J connectivity index is 4.28. The van der Waals surface area contributed by atoms with Crippen molar-refractivity contribution in [2.24, 2.45) is 0 Å². The third-order valence-corrected chi connectivity index (χ3v) is 12.0. The summed E-state index contributed by atoms with van der Waals surface area (Å²) in [4.78, 5) is 23.1. The largest absolute Gasteiger partial charge is 0.472 e. The molecule has 0 radical (unpaired) electrons. The van der Waals surface area contributed by atoms with E-state index in [1.54, 1.807) is 6.08 Å². The predicted octanol–water partition coefficient (Wildman–Crippen LogP) is 14.6. The van der Waals surface area contributed by atoms with E-state index in [-0.39, 0.29) is 25.5 Å². The van der Waals surface area contributed by atoms with Crippen LogP contribution in [0, 0.1) is 0 Å². The molecule has 0 aliphatic rings. The summed E-state index contributed by atoms with van der Waals surface area (Å²) >= 11 is 0. The van der Waals surface area contributed by atoms with Gasteiger partial charge in [0.2, 0.25) is 5.91 Å². The fraction of sp³-hybridized carbons (Fsp3) is 0.788. The van der Waals surface area contributed by atoms with Crippen molar-refractivity contribution in [2.75, 3.05) is 40.9 Å². The standard InChI is InChI=1S/C52H97N2O6P/c1-6-8-10-12-14-16-18-20-21-22-23-24-25-26-27-28-29-30-31-32-34-35-37-39-41-43-45-51(55)50(49-60-61(57,58)59-48-47-54(3,4)5)53-52(56)46-44-42-40-38-36-33-19-17-15-13-11-9-7-2/h9,11,15,17,33,36,40,42-43,45,50-51,55H,6-8,10,12-14,16,18-32,34-35,37-39,41,44,46-49H2,1-5H3,(H-,53,56,57,58)/p+1/b11-9-,17-15-,36-33-,42-40-,45-43+. The highest BCUT2D eigenvalue weighted by Crippen LogP contribution is 2.43. The van der Waals surface area contributed by atoms with Gasteiger partial charge in [-0.05, 0) is 44.9 Å². The van der Waals surface area contributed by atoms with Crippen molar-refractivity contribution < 1.29 is 32.9 Å². The van der Waals surface area contributed by atoms with E-state index in [0.717, 1.165) is 44.9 Å². The SMILES string of the molecule is CC/C=C\C/C=C\C/C=C\C/C=C\CCC(=O)NC(COP(=O)(O)OCC[N+](C)(C)C)C(O)/C=C/CCCCCCCCCCCCCCCCCCCCCCCCCC. The van der Waals surface area contributed by atoms with E-state index in [4.69, 9.17) is 9.05 Å². The molecule has 8 nitrogen and oxygen atoms in total. The van der Waals surface area contributed by atoms with Gasteiger partial charge in [0, 0.05) is 6.42 Å². The van der Waals surface area contributed by atoms with E-state index in [2.05, 4.69) is 55.6 Å². The van der Waals surface area contributed by atoms with Gasteiger partial charge in [0.15, 0.2) is 0 Å². The van der Waals surface area contributed by atoms with E-state index >= 15 is 0 Å². The Morgan fingerprint density at radius 1 is 0.574 bits per heavy atom. The number of aliphatic hydroxyl groups excluding tert-OH is 1. The molecule has 0 heterocycles. The lowest BCUT2D eigenvalue weighted by Crippen LogP contribution is -2.45. The van der Waals surface area contributed by atoms with E-state index in [0.29, 0.717) is 17.4 Å². The van der Waals surface area contributed by atoms with Crippen LogP contribution in [0.25, 0.3) is 0 Å². The fourth-order valence-electron chi connectivity index (χ4n) is 7.05. The lowest BCUT2D eigenvalue weighted by atomic mass is 10.0. The first-order valence-electron chi connectivity index (χ1n) is 25.2. The minimum Gasteiger partial charge on any atom is -0.387 e. The molecule has 0 aromatic rings. The van der Waals surface area contributed by atoms with Crippen LogP contribution in [0.4, 0.5) is 0 Å². The van der Waals surface area contributed by atoms with Crippen LogP contribution in [0.1, 0.15) is 213 Å². The summed E-state index contributed by atoms with van der Waals surface area (Å²) in [5.41, 5.74) is 0. The average molecular weight is 878 g/mol. The minimum atomic E-state index is -4.36. The van der Waals surface area contributed by atoms with Crippen molar-refractivity contribution in [3.05, 3.63) is 60.8 Å². The molecule has 0 saturated carbocycles. The zero-order valence-corrected chi connectivity index (χ0v) is 41.3. The zero-order valence-electron chi connectivity index (χ0n) is 40.4. The fourth-order valence-corrected chi connectivity index (χ4v) is 7.79. The van der Waals surface area contributed by atoms with Crippen molar-refractivity contribution in [3.8, 4) is 0 Å². The highest BCUT2D eigenvalue weighted by Gasteiger charge is 2.27. The normalized spacial score (nSPS) is 14.7. The molecule has 3 atom stereocenters.